The summed E-state index contributed by atoms with van der Waals surface area (Å²) < 4.78 is 21.2. The number of methoxy groups -OCH3 is 3. The van der Waals surface area contributed by atoms with Crippen molar-refractivity contribution in [3.05, 3.63) is 17.7 Å². The Bertz CT molecular complexity index is 586. The zero-order valence-corrected chi connectivity index (χ0v) is 17.1. The minimum Gasteiger partial charge on any atom is -0.493 e. The first kappa shape index (κ1) is 22.8. The van der Waals surface area contributed by atoms with Crippen molar-refractivity contribution in [1.82, 2.24) is 0 Å². The van der Waals surface area contributed by atoms with Crippen molar-refractivity contribution in [2.24, 2.45) is 0 Å². The summed E-state index contributed by atoms with van der Waals surface area (Å²) in [7, 11) is 4.50. The number of rotatable bonds is 13. The summed E-state index contributed by atoms with van der Waals surface area (Å²) in [6.45, 7) is 4.08. The molecule has 0 fully saturated rings. The molecule has 6 heteroatoms. The molecule has 0 bridgehead atoms. The number of hydrogen-bond donors (Lipinski definition) is 0. The maximum absolute atomic E-state index is 12.8. The van der Waals surface area contributed by atoms with Gasteiger partial charge in [-0.3, -0.25) is 9.59 Å². The number of ketones is 1. The Balaban J connectivity index is 3.12. The van der Waals surface area contributed by atoms with Gasteiger partial charge in [0.15, 0.2) is 17.3 Å². The fraction of sp³-hybridized carbons (Fsp3) is 0.619. The molecule has 0 aliphatic carbocycles. The van der Waals surface area contributed by atoms with Crippen LogP contribution in [-0.2, 0) is 14.3 Å². The van der Waals surface area contributed by atoms with Crippen LogP contribution in [0, 0.1) is 0 Å². The fourth-order valence-corrected chi connectivity index (χ4v) is 2.99. The first-order valence-electron chi connectivity index (χ1n) is 9.53. The van der Waals surface area contributed by atoms with Crippen molar-refractivity contribution in [1.29, 1.82) is 0 Å². The number of Topliss-reactive ketones (excluding diaryl/α,β-unsaturated/α-hetero) is 1. The van der Waals surface area contributed by atoms with Gasteiger partial charge in [-0.05, 0) is 31.0 Å². The van der Waals surface area contributed by atoms with Gasteiger partial charge in [0, 0.05) is 6.42 Å². The van der Waals surface area contributed by atoms with E-state index in [2.05, 4.69) is 6.92 Å². The third-order valence-electron chi connectivity index (χ3n) is 4.39. The van der Waals surface area contributed by atoms with Gasteiger partial charge in [-0.2, -0.15) is 0 Å². The smallest absolute Gasteiger partial charge is 0.321 e. The van der Waals surface area contributed by atoms with Gasteiger partial charge in [-0.25, -0.2) is 0 Å². The third-order valence-corrected chi connectivity index (χ3v) is 4.39. The molecule has 0 saturated carbocycles. The minimum atomic E-state index is -0.996. The molecule has 0 aliphatic rings. The van der Waals surface area contributed by atoms with Gasteiger partial charge in [-0.15, -0.1) is 0 Å². The standard InChI is InChI=1S/C21H32O6/c1-6-8-9-10-11-12-16(22)19(21(23)27-7-2)15-13-17(24-3)20(26-5)18(14-15)25-4/h13-14,19H,6-12H2,1-5H3. The Morgan fingerprint density at radius 3 is 1.96 bits per heavy atom. The molecule has 1 aromatic rings. The molecule has 0 N–H and O–H groups in total. The Morgan fingerprint density at radius 1 is 0.889 bits per heavy atom. The van der Waals surface area contributed by atoms with Gasteiger partial charge in [0.05, 0.1) is 27.9 Å². The van der Waals surface area contributed by atoms with Crippen molar-refractivity contribution in [2.75, 3.05) is 27.9 Å². The quantitative estimate of drug-likeness (QED) is 0.289. The van der Waals surface area contributed by atoms with E-state index < -0.39 is 11.9 Å². The second-order valence-electron chi connectivity index (χ2n) is 6.27. The van der Waals surface area contributed by atoms with Crippen molar-refractivity contribution in [3.8, 4) is 17.2 Å². The lowest BCUT2D eigenvalue weighted by atomic mass is 9.91. The number of hydrogen-bond acceptors (Lipinski definition) is 6. The lowest BCUT2D eigenvalue weighted by Crippen LogP contribution is -2.24. The zero-order valence-electron chi connectivity index (χ0n) is 17.1. The summed E-state index contributed by atoms with van der Waals surface area (Å²) in [6, 6.07) is 3.27. The molecule has 27 heavy (non-hydrogen) atoms. The second-order valence-corrected chi connectivity index (χ2v) is 6.27. The van der Waals surface area contributed by atoms with Crippen LogP contribution in [0.4, 0.5) is 0 Å². The monoisotopic (exact) mass is 380 g/mol. The molecule has 1 unspecified atom stereocenters. The summed E-state index contributed by atoms with van der Waals surface area (Å²) in [5.74, 6) is -0.485. The van der Waals surface area contributed by atoms with Crippen molar-refractivity contribution in [2.45, 2.75) is 58.3 Å². The number of ether oxygens (including phenoxy) is 4. The molecule has 0 saturated heterocycles. The van der Waals surface area contributed by atoms with E-state index in [1.165, 1.54) is 21.3 Å². The predicted molar refractivity (Wildman–Crippen MR) is 104 cm³/mol. The van der Waals surface area contributed by atoms with E-state index in [1.807, 2.05) is 0 Å². The molecule has 0 aliphatic heterocycles. The van der Waals surface area contributed by atoms with Gasteiger partial charge in [0.2, 0.25) is 5.75 Å². The SMILES string of the molecule is CCCCCCCC(=O)C(C(=O)OCC)c1cc(OC)c(OC)c(OC)c1. The lowest BCUT2D eigenvalue weighted by molar-refractivity contribution is -0.147. The summed E-state index contributed by atoms with van der Waals surface area (Å²) >= 11 is 0. The minimum absolute atomic E-state index is 0.153. The predicted octanol–water partition coefficient (Wildman–Crippen LogP) is 4.29. The van der Waals surface area contributed by atoms with E-state index in [4.69, 9.17) is 18.9 Å². The van der Waals surface area contributed by atoms with E-state index in [-0.39, 0.29) is 12.4 Å². The van der Waals surface area contributed by atoms with Crippen molar-refractivity contribution >= 4 is 11.8 Å². The first-order valence-corrected chi connectivity index (χ1v) is 9.53. The topological polar surface area (TPSA) is 71.1 Å². The number of benzene rings is 1. The highest BCUT2D eigenvalue weighted by molar-refractivity contribution is 6.04. The summed E-state index contributed by atoms with van der Waals surface area (Å²) in [5, 5.41) is 0. The molecule has 1 aromatic carbocycles. The van der Waals surface area contributed by atoms with Crippen LogP contribution in [0.1, 0.15) is 63.9 Å². The molecule has 0 aromatic heterocycles. The van der Waals surface area contributed by atoms with Gasteiger partial charge >= 0.3 is 5.97 Å². The number of carbonyl (C=O) groups excluding carboxylic acids is 2. The van der Waals surface area contributed by atoms with E-state index in [1.54, 1.807) is 19.1 Å². The molecular weight excluding hydrogens is 348 g/mol. The van der Waals surface area contributed by atoms with Crippen molar-refractivity contribution in [3.63, 3.8) is 0 Å². The first-order chi connectivity index (χ1) is 13.0. The Labute approximate surface area is 162 Å². The van der Waals surface area contributed by atoms with Crippen molar-refractivity contribution < 1.29 is 28.5 Å². The average Bonchev–Trinajstić information content (AvgIpc) is 2.67. The maximum atomic E-state index is 12.8. The molecule has 152 valence electrons. The Kier molecular flexibility index (Phi) is 10.3. The third kappa shape index (κ3) is 6.45. The van der Waals surface area contributed by atoms with Gasteiger partial charge in [-0.1, -0.05) is 32.6 Å². The Hall–Kier alpha value is -2.24. The van der Waals surface area contributed by atoms with E-state index >= 15 is 0 Å². The van der Waals surface area contributed by atoms with E-state index in [0.29, 0.717) is 29.2 Å². The highest BCUT2D eigenvalue weighted by atomic mass is 16.5. The molecule has 0 heterocycles. The lowest BCUT2D eigenvalue weighted by Gasteiger charge is -2.19. The highest BCUT2D eigenvalue weighted by Gasteiger charge is 2.31. The van der Waals surface area contributed by atoms with Crippen LogP contribution in [0.25, 0.3) is 0 Å². The number of unbranched alkanes of at least 4 members (excludes halogenated alkanes) is 4. The normalized spacial score (nSPS) is 11.6. The molecule has 1 atom stereocenters. The molecule has 0 amide bonds. The van der Waals surface area contributed by atoms with E-state index in [0.717, 1.165) is 32.1 Å². The van der Waals surface area contributed by atoms with Crippen LogP contribution in [0.5, 0.6) is 17.2 Å². The van der Waals surface area contributed by atoms with Gasteiger partial charge in [0.1, 0.15) is 5.92 Å². The zero-order chi connectivity index (χ0) is 20.2. The van der Waals surface area contributed by atoms with E-state index in [9.17, 15) is 9.59 Å². The molecule has 1 rings (SSSR count). The fourth-order valence-electron chi connectivity index (χ4n) is 2.99. The second kappa shape index (κ2) is 12.2. The molecular formula is C21H32O6. The van der Waals surface area contributed by atoms with Gasteiger partial charge in [0.25, 0.3) is 0 Å². The number of esters is 1. The molecule has 0 radical (unpaired) electrons. The summed E-state index contributed by atoms with van der Waals surface area (Å²) in [5.41, 5.74) is 0.488. The average molecular weight is 380 g/mol. The largest absolute Gasteiger partial charge is 0.493 e. The Morgan fingerprint density at radius 2 is 1.48 bits per heavy atom. The van der Waals surface area contributed by atoms with Crippen LogP contribution < -0.4 is 14.2 Å². The van der Waals surface area contributed by atoms with Gasteiger partial charge < -0.3 is 18.9 Å². The summed E-state index contributed by atoms with van der Waals surface area (Å²) in [6.07, 6.45) is 5.47. The van der Waals surface area contributed by atoms with Crippen LogP contribution in [0.2, 0.25) is 0 Å². The highest BCUT2D eigenvalue weighted by Crippen LogP contribution is 2.40. The van der Waals surface area contributed by atoms with Crippen LogP contribution in [-0.4, -0.2) is 39.7 Å². The molecule has 0 spiro atoms. The summed E-state index contributed by atoms with van der Waals surface area (Å²) in [4.78, 5) is 25.4. The maximum Gasteiger partial charge on any atom is 0.321 e. The van der Waals surface area contributed by atoms with Crippen LogP contribution >= 0.6 is 0 Å². The van der Waals surface area contributed by atoms with Crippen LogP contribution in [0.3, 0.4) is 0 Å². The number of carbonyl (C=O) groups is 2. The molecule has 6 nitrogen and oxygen atoms in total. The van der Waals surface area contributed by atoms with Crippen LogP contribution in [0.15, 0.2) is 12.1 Å².